The van der Waals surface area contributed by atoms with Gasteiger partial charge in [-0.1, -0.05) is 0 Å². The molecule has 9 heteroatoms. The number of aliphatic imine (C=N–C) groups is 1. The van der Waals surface area contributed by atoms with Gasteiger partial charge in [-0.2, -0.15) is 5.10 Å². The molecule has 0 saturated carbocycles. The number of hydrogen-bond donors (Lipinski definition) is 0. The highest BCUT2D eigenvalue weighted by atomic mass is 16.6. The summed E-state index contributed by atoms with van der Waals surface area (Å²) in [6.45, 7) is 3.16. The van der Waals surface area contributed by atoms with Gasteiger partial charge in [-0.05, 0) is 43.2 Å². The van der Waals surface area contributed by atoms with Crippen molar-refractivity contribution in [3.05, 3.63) is 63.2 Å². The summed E-state index contributed by atoms with van der Waals surface area (Å²) in [4.78, 5) is 15.1. The van der Waals surface area contributed by atoms with Crippen molar-refractivity contribution in [2.45, 2.75) is 19.4 Å². The highest BCUT2D eigenvalue weighted by Crippen LogP contribution is 2.35. The summed E-state index contributed by atoms with van der Waals surface area (Å²) in [7, 11) is 3.18. The highest BCUT2D eigenvalue weighted by Gasteiger charge is 2.29. The summed E-state index contributed by atoms with van der Waals surface area (Å²) in [5, 5.41) is 17.7. The third kappa shape index (κ3) is 3.54. The second kappa shape index (κ2) is 8.02. The number of non-ortho nitro benzene ring substituents is 1. The Morgan fingerprint density at radius 2 is 1.87 bits per heavy atom. The first kappa shape index (κ1) is 19.7. The van der Waals surface area contributed by atoms with E-state index in [0.29, 0.717) is 42.8 Å². The summed E-state index contributed by atoms with van der Waals surface area (Å²) >= 11 is 0. The van der Waals surface area contributed by atoms with Crippen molar-refractivity contribution in [1.82, 2.24) is 5.01 Å². The number of amidine groups is 1. The standard InChI is InChI=1S/C21H22N4O5/c1-13-10-15-11-18(28-2)19(29-3)12-17(15)20(23-24(13)21-22-8-9-30-21)14-4-6-16(7-5-14)25(26)27/h4-7,11-13H,8-10H2,1-3H3/t13-/m1/s1. The van der Waals surface area contributed by atoms with Crippen LogP contribution in [0.3, 0.4) is 0 Å². The van der Waals surface area contributed by atoms with Crippen molar-refractivity contribution >= 4 is 17.4 Å². The smallest absolute Gasteiger partial charge is 0.308 e. The summed E-state index contributed by atoms with van der Waals surface area (Å²) in [5.41, 5.74) is 3.32. The van der Waals surface area contributed by atoms with Gasteiger partial charge in [-0.25, -0.2) is 10.0 Å². The van der Waals surface area contributed by atoms with Gasteiger partial charge in [0.2, 0.25) is 0 Å². The van der Waals surface area contributed by atoms with Gasteiger partial charge in [0, 0.05) is 23.3 Å². The van der Waals surface area contributed by atoms with Gasteiger partial charge in [0.1, 0.15) is 6.61 Å². The number of nitro groups is 1. The molecule has 0 fully saturated rings. The number of fused-ring (bicyclic) bond motifs is 1. The van der Waals surface area contributed by atoms with Crippen LogP contribution in [0, 0.1) is 10.1 Å². The number of nitrogens with zero attached hydrogens (tertiary/aromatic N) is 4. The Morgan fingerprint density at radius 1 is 1.17 bits per heavy atom. The first-order valence-corrected chi connectivity index (χ1v) is 9.57. The van der Waals surface area contributed by atoms with Crippen molar-refractivity contribution in [3.8, 4) is 11.5 Å². The minimum atomic E-state index is -0.421. The molecule has 0 aliphatic carbocycles. The number of benzene rings is 2. The lowest BCUT2D eigenvalue weighted by molar-refractivity contribution is -0.384. The lowest BCUT2D eigenvalue weighted by Gasteiger charge is -2.23. The van der Waals surface area contributed by atoms with E-state index in [1.165, 1.54) is 12.1 Å². The first-order valence-electron chi connectivity index (χ1n) is 9.57. The molecule has 0 aromatic heterocycles. The Morgan fingerprint density at radius 3 is 2.47 bits per heavy atom. The van der Waals surface area contributed by atoms with E-state index in [0.717, 1.165) is 16.7 Å². The van der Waals surface area contributed by atoms with E-state index in [4.69, 9.17) is 19.3 Å². The minimum absolute atomic E-state index is 0.0192. The van der Waals surface area contributed by atoms with Crippen LogP contribution in [-0.2, 0) is 11.2 Å². The molecule has 0 radical (unpaired) electrons. The van der Waals surface area contributed by atoms with Crippen LogP contribution in [0.5, 0.6) is 11.5 Å². The number of nitro benzene ring substituents is 1. The zero-order valence-corrected chi connectivity index (χ0v) is 17.0. The van der Waals surface area contributed by atoms with Crippen LogP contribution in [-0.4, -0.2) is 55.1 Å². The predicted molar refractivity (Wildman–Crippen MR) is 112 cm³/mol. The Kier molecular flexibility index (Phi) is 5.26. The molecule has 1 atom stereocenters. The molecule has 2 aromatic rings. The van der Waals surface area contributed by atoms with E-state index in [-0.39, 0.29) is 11.7 Å². The molecule has 9 nitrogen and oxygen atoms in total. The number of ether oxygens (including phenoxy) is 3. The molecule has 4 rings (SSSR count). The van der Waals surface area contributed by atoms with Crippen molar-refractivity contribution in [1.29, 1.82) is 0 Å². The predicted octanol–water partition coefficient (Wildman–Crippen LogP) is 3.00. The lowest BCUT2D eigenvalue weighted by atomic mass is 9.94. The van der Waals surface area contributed by atoms with E-state index in [1.54, 1.807) is 31.4 Å². The first-order chi connectivity index (χ1) is 14.5. The number of rotatable bonds is 4. The SMILES string of the molecule is COc1cc2c(cc1OC)C(c1ccc([N+](=O)[O-])cc1)=NN(C1=NCCO1)[C@H](C)C2. The van der Waals surface area contributed by atoms with E-state index in [1.807, 2.05) is 19.1 Å². The second-order valence-electron chi connectivity index (χ2n) is 7.03. The Balaban J connectivity index is 1.89. The molecule has 2 aliphatic rings. The zero-order valence-electron chi connectivity index (χ0n) is 17.0. The fraction of sp³-hybridized carbons (Fsp3) is 0.333. The van der Waals surface area contributed by atoms with Gasteiger partial charge in [0.15, 0.2) is 11.5 Å². The largest absolute Gasteiger partial charge is 0.493 e. The van der Waals surface area contributed by atoms with Crippen LogP contribution < -0.4 is 9.47 Å². The van der Waals surface area contributed by atoms with E-state index in [9.17, 15) is 10.1 Å². The van der Waals surface area contributed by atoms with Gasteiger partial charge in [-0.3, -0.25) is 10.1 Å². The number of hydrazone groups is 1. The van der Waals surface area contributed by atoms with Crippen LogP contribution in [0.4, 0.5) is 5.69 Å². The van der Waals surface area contributed by atoms with Crippen LogP contribution in [0.1, 0.15) is 23.6 Å². The normalized spacial score (nSPS) is 18.0. The summed E-state index contributed by atoms with van der Waals surface area (Å²) in [6, 6.07) is 10.6. The molecule has 0 amide bonds. The molecule has 156 valence electrons. The zero-order chi connectivity index (χ0) is 21.3. The second-order valence-corrected chi connectivity index (χ2v) is 7.03. The van der Waals surface area contributed by atoms with Crippen LogP contribution >= 0.6 is 0 Å². The molecule has 2 heterocycles. The topological polar surface area (TPSA) is 98.8 Å². The monoisotopic (exact) mass is 410 g/mol. The Hall–Kier alpha value is -3.62. The fourth-order valence-corrected chi connectivity index (χ4v) is 3.62. The molecule has 0 bridgehead atoms. The summed E-state index contributed by atoms with van der Waals surface area (Å²) < 4.78 is 16.7. The van der Waals surface area contributed by atoms with E-state index >= 15 is 0 Å². The van der Waals surface area contributed by atoms with Crippen molar-refractivity contribution in [2.75, 3.05) is 27.4 Å². The van der Waals surface area contributed by atoms with Gasteiger partial charge >= 0.3 is 6.02 Å². The summed E-state index contributed by atoms with van der Waals surface area (Å²) in [6.07, 6.45) is 0.679. The van der Waals surface area contributed by atoms with Crippen molar-refractivity contribution < 1.29 is 19.1 Å². The highest BCUT2D eigenvalue weighted by molar-refractivity contribution is 6.14. The minimum Gasteiger partial charge on any atom is -0.493 e. The average Bonchev–Trinajstić information content (AvgIpc) is 3.24. The molecule has 0 spiro atoms. The molecule has 0 saturated heterocycles. The molecule has 30 heavy (non-hydrogen) atoms. The molecular formula is C21H22N4O5. The van der Waals surface area contributed by atoms with Crippen molar-refractivity contribution in [3.63, 3.8) is 0 Å². The third-order valence-corrected chi connectivity index (χ3v) is 5.12. The van der Waals surface area contributed by atoms with Crippen LogP contribution in [0.15, 0.2) is 46.5 Å². The summed E-state index contributed by atoms with van der Waals surface area (Å²) in [5.74, 6) is 1.22. The Labute approximate surface area is 173 Å². The third-order valence-electron chi connectivity index (χ3n) is 5.12. The number of methoxy groups -OCH3 is 2. The van der Waals surface area contributed by atoms with Gasteiger partial charge < -0.3 is 14.2 Å². The molecule has 0 N–H and O–H groups in total. The number of hydrogen-bond acceptors (Lipinski definition) is 8. The van der Waals surface area contributed by atoms with Gasteiger partial charge in [0.25, 0.3) is 5.69 Å². The van der Waals surface area contributed by atoms with Crippen LogP contribution in [0.2, 0.25) is 0 Å². The van der Waals surface area contributed by atoms with Gasteiger partial charge in [0.05, 0.1) is 37.4 Å². The average molecular weight is 410 g/mol. The molecule has 2 aliphatic heterocycles. The lowest BCUT2D eigenvalue weighted by Crippen LogP contribution is -2.35. The molecule has 2 aromatic carbocycles. The quantitative estimate of drug-likeness (QED) is 0.568. The Bertz CT molecular complexity index is 1030. The van der Waals surface area contributed by atoms with Crippen molar-refractivity contribution in [2.24, 2.45) is 10.1 Å². The van der Waals surface area contributed by atoms with E-state index < -0.39 is 4.92 Å². The van der Waals surface area contributed by atoms with Crippen LogP contribution in [0.25, 0.3) is 0 Å². The maximum absolute atomic E-state index is 11.1. The maximum Gasteiger partial charge on any atom is 0.308 e. The molecule has 0 unspecified atom stereocenters. The van der Waals surface area contributed by atoms with Gasteiger partial charge in [-0.15, -0.1) is 0 Å². The molecular weight excluding hydrogens is 388 g/mol. The van der Waals surface area contributed by atoms with E-state index in [2.05, 4.69) is 4.99 Å². The maximum atomic E-state index is 11.1. The fourth-order valence-electron chi connectivity index (χ4n) is 3.62.